The van der Waals surface area contributed by atoms with Gasteiger partial charge in [-0.3, -0.25) is 9.69 Å². The lowest BCUT2D eigenvalue weighted by molar-refractivity contribution is -0.122. The Hall–Kier alpha value is -2.30. The fraction of sp³-hybridized carbons (Fsp3) is 0.111. The summed E-state index contributed by atoms with van der Waals surface area (Å²) in [5, 5.41) is 19.3. The molecular formula is C18H15BrN2O5S2. The number of hydrogen-bond acceptors (Lipinski definition) is 6. The fourth-order valence-electron chi connectivity index (χ4n) is 2.41. The molecule has 1 aliphatic heterocycles. The highest BCUT2D eigenvalue weighted by atomic mass is 79.9. The number of hydrogen-bond donors (Lipinski definition) is 2. The van der Waals surface area contributed by atoms with Crippen molar-refractivity contribution >= 4 is 54.9 Å². The quantitative estimate of drug-likeness (QED) is 0.645. The van der Waals surface area contributed by atoms with Crippen LogP contribution in [-0.2, 0) is 14.8 Å². The SMILES string of the molecule is CCN1C(=O)/C(=C/c2ccc(O)cc2O)SC1=NS(=O)(=O)c1ccc(Br)cc1. The van der Waals surface area contributed by atoms with Gasteiger partial charge in [-0.25, -0.2) is 0 Å². The minimum Gasteiger partial charge on any atom is -0.508 e. The maximum atomic E-state index is 12.6. The molecule has 7 nitrogen and oxygen atoms in total. The molecule has 3 rings (SSSR count). The Bertz CT molecular complexity index is 1100. The maximum absolute atomic E-state index is 12.6. The molecule has 0 aliphatic carbocycles. The van der Waals surface area contributed by atoms with Gasteiger partial charge in [-0.05, 0) is 61.2 Å². The van der Waals surface area contributed by atoms with Crippen molar-refractivity contribution in [1.82, 2.24) is 4.90 Å². The van der Waals surface area contributed by atoms with Crippen LogP contribution >= 0.6 is 27.7 Å². The number of amidine groups is 1. The zero-order valence-corrected chi connectivity index (χ0v) is 17.8. The van der Waals surface area contributed by atoms with Crippen LogP contribution < -0.4 is 0 Å². The van der Waals surface area contributed by atoms with Gasteiger partial charge in [0, 0.05) is 22.6 Å². The van der Waals surface area contributed by atoms with Gasteiger partial charge in [0.25, 0.3) is 15.9 Å². The number of halogens is 1. The predicted octanol–water partition coefficient (Wildman–Crippen LogP) is 3.54. The Balaban J connectivity index is 1.98. The highest BCUT2D eigenvalue weighted by Crippen LogP contribution is 2.35. The summed E-state index contributed by atoms with van der Waals surface area (Å²) in [4.78, 5) is 14.1. The van der Waals surface area contributed by atoms with E-state index in [1.165, 1.54) is 35.2 Å². The normalized spacial score (nSPS) is 17.6. The number of carbonyl (C=O) groups excluding carboxylic acids is 1. The number of nitrogens with zero attached hydrogens (tertiary/aromatic N) is 2. The van der Waals surface area contributed by atoms with Gasteiger partial charge < -0.3 is 10.2 Å². The minimum atomic E-state index is -3.99. The molecule has 0 bridgehead atoms. The van der Waals surface area contributed by atoms with E-state index in [0.29, 0.717) is 5.56 Å². The summed E-state index contributed by atoms with van der Waals surface area (Å²) in [6, 6.07) is 10.0. The summed E-state index contributed by atoms with van der Waals surface area (Å²) in [6.07, 6.45) is 1.43. The summed E-state index contributed by atoms with van der Waals surface area (Å²) in [5.41, 5.74) is 0.321. The van der Waals surface area contributed by atoms with E-state index in [9.17, 15) is 23.4 Å². The van der Waals surface area contributed by atoms with Crippen molar-refractivity contribution < 1.29 is 23.4 Å². The Labute approximate surface area is 174 Å². The Morgan fingerprint density at radius 1 is 1.18 bits per heavy atom. The first kappa shape index (κ1) is 20.4. The highest BCUT2D eigenvalue weighted by molar-refractivity contribution is 9.10. The predicted molar refractivity (Wildman–Crippen MR) is 111 cm³/mol. The number of rotatable bonds is 4. The number of sulfonamides is 1. The number of amides is 1. The van der Waals surface area contributed by atoms with E-state index in [4.69, 9.17) is 0 Å². The van der Waals surface area contributed by atoms with Crippen LogP contribution in [0.1, 0.15) is 12.5 Å². The second-order valence-electron chi connectivity index (χ2n) is 5.71. The molecule has 0 radical (unpaired) electrons. The third kappa shape index (κ3) is 4.23. The Kier molecular flexibility index (Phi) is 5.82. The molecule has 2 N–H and O–H groups in total. The number of likely N-dealkylation sites (N-methyl/N-ethyl adjacent to an activating group) is 1. The van der Waals surface area contributed by atoms with Crippen LogP contribution in [0.4, 0.5) is 0 Å². The topological polar surface area (TPSA) is 107 Å². The van der Waals surface area contributed by atoms with Gasteiger partial charge in [0.1, 0.15) is 11.5 Å². The van der Waals surface area contributed by atoms with Crippen molar-refractivity contribution in [3.05, 3.63) is 57.4 Å². The van der Waals surface area contributed by atoms with E-state index in [1.54, 1.807) is 19.1 Å². The molecule has 28 heavy (non-hydrogen) atoms. The van der Waals surface area contributed by atoms with Crippen LogP contribution in [0.2, 0.25) is 0 Å². The van der Waals surface area contributed by atoms with Gasteiger partial charge in [-0.15, -0.1) is 4.40 Å². The molecule has 0 atom stereocenters. The molecule has 0 unspecified atom stereocenters. The molecule has 1 fully saturated rings. The first-order chi connectivity index (χ1) is 13.2. The summed E-state index contributed by atoms with van der Waals surface area (Å²) in [6.45, 7) is 1.95. The molecule has 0 spiro atoms. The molecule has 0 saturated carbocycles. The minimum absolute atomic E-state index is 0.0147. The second-order valence-corrected chi connectivity index (χ2v) is 9.23. The zero-order valence-electron chi connectivity index (χ0n) is 14.5. The molecule has 10 heteroatoms. The molecule has 2 aromatic rings. The number of carbonyl (C=O) groups is 1. The summed E-state index contributed by atoms with van der Waals surface area (Å²) in [7, 11) is -3.99. The summed E-state index contributed by atoms with van der Waals surface area (Å²) >= 11 is 4.16. The second kappa shape index (κ2) is 7.98. The van der Waals surface area contributed by atoms with Gasteiger partial charge >= 0.3 is 0 Å². The molecule has 146 valence electrons. The van der Waals surface area contributed by atoms with Crippen LogP contribution in [0.3, 0.4) is 0 Å². The van der Waals surface area contributed by atoms with Gasteiger partial charge in [0.05, 0.1) is 9.80 Å². The van der Waals surface area contributed by atoms with Gasteiger partial charge in [0.15, 0.2) is 5.17 Å². The fourth-order valence-corrected chi connectivity index (χ4v) is 4.91. The molecule has 1 aliphatic rings. The van der Waals surface area contributed by atoms with Crippen LogP contribution in [0.25, 0.3) is 6.08 Å². The average molecular weight is 483 g/mol. The van der Waals surface area contributed by atoms with Crippen LogP contribution in [-0.4, -0.2) is 41.2 Å². The van der Waals surface area contributed by atoms with Crippen LogP contribution in [0, 0.1) is 0 Å². The van der Waals surface area contributed by atoms with Crippen molar-refractivity contribution in [1.29, 1.82) is 0 Å². The van der Waals surface area contributed by atoms with E-state index in [1.807, 2.05) is 0 Å². The number of aromatic hydroxyl groups is 2. The van der Waals surface area contributed by atoms with E-state index < -0.39 is 15.9 Å². The number of benzene rings is 2. The summed E-state index contributed by atoms with van der Waals surface area (Å²) < 4.78 is 29.7. The van der Waals surface area contributed by atoms with Crippen molar-refractivity contribution in [2.75, 3.05) is 6.54 Å². The number of phenols is 2. The first-order valence-corrected chi connectivity index (χ1v) is 11.1. The van der Waals surface area contributed by atoms with Crippen molar-refractivity contribution in [3.8, 4) is 11.5 Å². The Morgan fingerprint density at radius 2 is 1.86 bits per heavy atom. The molecular weight excluding hydrogens is 468 g/mol. The molecule has 1 amide bonds. The third-order valence-corrected chi connectivity index (χ3v) is 6.75. The molecule has 0 aromatic heterocycles. The van der Waals surface area contributed by atoms with Crippen molar-refractivity contribution in [3.63, 3.8) is 0 Å². The number of phenolic OH excluding ortho intramolecular Hbond substituents is 2. The third-order valence-electron chi connectivity index (χ3n) is 3.81. The van der Waals surface area contributed by atoms with Crippen LogP contribution in [0.15, 0.2) is 61.1 Å². The first-order valence-electron chi connectivity index (χ1n) is 8.05. The Morgan fingerprint density at radius 3 is 2.46 bits per heavy atom. The van der Waals surface area contributed by atoms with E-state index in [0.717, 1.165) is 22.3 Å². The maximum Gasteiger partial charge on any atom is 0.284 e. The lowest BCUT2D eigenvalue weighted by atomic mass is 10.1. The lowest BCUT2D eigenvalue weighted by Crippen LogP contribution is -2.29. The lowest BCUT2D eigenvalue weighted by Gasteiger charge is -2.11. The van der Waals surface area contributed by atoms with Crippen LogP contribution in [0.5, 0.6) is 11.5 Å². The standard InChI is InChI=1S/C18H15BrN2O5S2/c1-2-21-17(24)16(9-11-3-6-13(22)10-15(11)23)27-18(21)20-28(25,26)14-7-4-12(19)5-8-14/h3-10,22-23H,2H2,1H3/b16-9-,20-18?. The van der Waals surface area contributed by atoms with Gasteiger partial charge in [-0.2, -0.15) is 8.42 Å². The van der Waals surface area contributed by atoms with Crippen molar-refractivity contribution in [2.45, 2.75) is 11.8 Å². The van der Waals surface area contributed by atoms with Gasteiger partial charge in [-0.1, -0.05) is 15.9 Å². The van der Waals surface area contributed by atoms with E-state index in [-0.39, 0.29) is 33.0 Å². The smallest absolute Gasteiger partial charge is 0.284 e. The van der Waals surface area contributed by atoms with E-state index >= 15 is 0 Å². The number of thioether (sulfide) groups is 1. The highest BCUT2D eigenvalue weighted by Gasteiger charge is 2.34. The zero-order chi connectivity index (χ0) is 20.5. The monoisotopic (exact) mass is 482 g/mol. The molecule has 1 saturated heterocycles. The average Bonchev–Trinajstić information content (AvgIpc) is 2.91. The molecule has 2 aromatic carbocycles. The molecule has 1 heterocycles. The van der Waals surface area contributed by atoms with Gasteiger partial charge in [0.2, 0.25) is 0 Å². The van der Waals surface area contributed by atoms with E-state index in [2.05, 4.69) is 20.3 Å². The summed E-state index contributed by atoms with van der Waals surface area (Å²) in [5.74, 6) is -0.718. The largest absolute Gasteiger partial charge is 0.508 e. The van der Waals surface area contributed by atoms with Crippen molar-refractivity contribution in [2.24, 2.45) is 4.40 Å².